The van der Waals surface area contributed by atoms with Crippen LogP contribution in [0.4, 0.5) is 8.78 Å². The molecule has 0 unspecified atom stereocenters. The third kappa shape index (κ3) is 3.30. The van der Waals surface area contributed by atoms with Crippen LogP contribution in [0.3, 0.4) is 0 Å². The molecule has 0 spiro atoms. The van der Waals surface area contributed by atoms with Crippen molar-refractivity contribution >= 4 is 11.8 Å². The van der Waals surface area contributed by atoms with Crippen molar-refractivity contribution in [1.82, 2.24) is 10.1 Å². The number of nitrogens with two attached hydrogens (primary N) is 1. The first kappa shape index (κ1) is 14.0. The zero-order valence-electron chi connectivity index (χ0n) is 10.3. The van der Waals surface area contributed by atoms with Gasteiger partial charge < -0.3 is 10.3 Å². The van der Waals surface area contributed by atoms with Crippen LogP contribution in [0, 0.1) is 11.6 Å². The molecule has 0 fully saturated rings. The maximum Gasteiger partial charge on any atom is 0.243 e. The second kappa shape index (κ2) is 6.12. The molecule has 0 saturated heterocycles. The maximum atomic E-state index is 13.1. The average Bonchev–Trinajstić information content (AvgIpc) is 2.89. The van der Waals surface area contributed by atoms with Crippen LogP contribution >= 0.6 is 11.8 Å². The Kier molecular flexibility index (Phi) is 4.49. The highest BCUT2D eigenvalue weighted by molar-refractivity contribution is 7.98. The summed E-state index contributed by atoms with van der Waals surface area (Å²) in [6, 6.07) is 3.09. The van der Waals surface area contributed by atoms with Crippen LogP contribution in [-0.4, -0.2) is 22.1 Å². The second-order valence-electron chi connectivity index (χ2n) is 3.97. The minimum atomic E-state index is -0.949. The molecular weight excluding hydrogens is 272 g/mol. The van der Waals surface area contributed by atoms with Crippen LogP contribution in [0.5, 0.6) is 0 Å². The number of aromatic nitrogens is 2. The molecule has 2 N–H and O–H groups in total. The number of hydrogen-bond acceptors (Lipinski definition) is 5. The largest absolute Gasteiger partial charge is 0.337 e. The van der Waals surface area contributed by atoms with Crippen LogP contribution in [0.25, 0.3) is 11.4 Å². The first-order chi connectivity index (χ1) is 9.11. The van der Waals surface area contributed by atoms with Crippen molar-refractivity contribution in [2.24, 2.45) is 5.73 Å². The van der Waals surface area contributed by atoms with Crippen molar-refractivity contribution in [3.63, 3.8) is 0 Å². The molecule has 1 aromatic carbocycles. The van der Waals surface area contributed by atoms with Crippen LogP contribution in [0.2, 0.25) is 0 Å². The lowest BCUT2D eigenvalue weighted by molar-refractivity contribution is 0.353. The van der Waals surface area contributed by atoms with Crippen LogP contribution in [-0.2, 0) is 0 Å². The SMILES string of the molecule is CSCC[C@H](N)c1nc(-c2ccc(F)c(F)c2)no1. The third-order valence-electron chi connectivity index (χ3n) is 2.57. The molecule has 7 heteroatoms. The van der Waals surface area contributed by atoms with Gasteiger partial charge in [-0.1, -0.05) is 5.16 Å². The summed E-state index contributed by atoms with van der Waals surface area (Å²) >= 11 is 1.67. The molecule has 4 nitrogen and oxygen atoms in total. The van der Waals surface area contributed by atoms with Gasteiger partial charge in [0.05, 0.1) is 6.04 Å². The quantitative estimate of drug-likeness (QED) is 0.915. The highest BCUT2D eigenvalue weighted by Crippen LogP contribution is 2.21. The van der Waals surface area contributed by atoms with Crippen molar-refractivity contribution in [2.75, 3.05) is 12.0 Å². The average molecular weight is 285 g/mol. The van der Waals surface area contributed by atoms with E-state index in [1.807, 2.05) is 6.26 Å². The highest BCUT2D eigenvalue weighted by Gasteiger charge is 2.16. The molecule has 0 aliphatic rings. The summed E-state index contributed by atoms with van der Waals surface area (Å²) in [5, 5.41) is 3.72. The smallest absolute Gasteiger partial charge is 0.243 e. The molecule has 0 amide bonds. The van der Waals surface area contributed by atoms with Crippen molar-refractivity contribution in [1.29, 1.82) is 0 Å². The van der Waals surface area contributed by atoms with Crippen molar-refractivity contribution in [3.05, 3.63) is 35.7 Å². The molecular formula is C12H13F2N3OS. The molecule has 1 heterocycles. The minimum Gasteiger partial charge on any atom is -0.337 e. The number of nitrogens with zero attached hydrogens (tertiary/aromatic N) is 2. The van der Waals surface area contributed by atoms with Crippen LogP contribution in [0.1, 0.15) is 18.4 Å². The molecule has 0 saturated carbocycles. The summed E-state index contributed by atoms with van der Waals surface area (Å²) in [5.74, 6) is -0.480. The summed E-state index contributed by atoms with van der Waals surface area (Å²) in [6.45, 7) is 0. The summed E-state index contributed by atoms with van der Waals surface area (Å²) < 4.78 is 31.0. The van der Waals surface area contributed by atoms with E-state index in [1.165, 1.54) is 6.07 Å². The Balaban J connectivity index is 2.18. The molecule has 19 heavy (non-hydrogen) atoms. The van der Waals surface area contributed by atoms with E-state index in [4.69, 9.17) is 10.3 Å². The first-order valence-electron chi connectivity index (χ1n) is 5.65. The molecule has 0 radical (unpaired) electrons. The minimum absolute atomic E-state index is 0.202. The lowest BCUT2D eigenvalue weighted by atomic mass is 10.2. The molecule has 2 rings (SSSR count). The Morgan fingerprint density at radius 2 is 2.16 bits per heavy atom. The maximum absolute atomic E-state index is 13.1. The van der Waals surface area contributed by atoms with E-state index >= 15 is 0 Å². The Morgan fingerprint density at radius 3 is 2.84 bits per heavy atom. The standard InChI is InChI=1S/C12H13F2N3OS/c1-19-5-4-10(15)12-16-11(17-18-12)7-2-3-8(13)9(14)6-7/h2-3,6,10H,4-5,15H2,1H3/t10-/m0/s1. The molecule has 2 aromatic rings. The van der Waals surface area contributed by atoms with Gasteiger partial charge in [-0.3, -0.25) is 0 Å². The van der Waals surface area contributed by atoms with Gasteiger partial charge in [-0.15, -0.1) is 0 Å². The summed E-state index contributed by atoms with van der Waals surface area (Å²) in [7, 11) is 0. The summed E-state index contributed by atoms with van der Waals surface area (Å²) in [4.78, 5) is 4.10. The number of thioether (sulfide) groups is 1. The predicted octanol–water partition coefficient (Wildman–Crippen LogP) is 2.77. The van der Waals surface area contributed by atoms with E-state index in [2.05, 4.69) is 10.1 Å². The predicted molar refractivity (Wildman–Crippen MR) is 69.6 cm³/mol. The summed E-state index contributed by atoms with van der Waals surface area (Å²) in [5.41, 5.74) is 6.24. The van der Waals surface area contributed by atoms with Crippen molar-refractivity contribution in [2.45, 2.75) is 12.5 Å². The lowest BCUT2D eigenvalue weighted by Crippen LogP contribution is -2.11. The fourth-order valence-electron chi connectivity index (χ4n) is 1.51. The zero-order chi connectivity index (χ0) is 13.8. The Bertz CT molecular complexity index is 562. The van der Waals surface area contributed by atoms with Gasteiger partial charge in [0.1, 0.15) is 0 Å². The van der Waals surface area contributed by atoms with E-state index in [1.54, 1.807) is 11.8 Å². The fraction of sp³-hybridized carbons (Fsp3) is 0.333. The van der Waals surface area contributed by atoms with E-state index in [9.17, 15) is 8.78 Å². The highest BCUT2D eigenvalue weighted by atomic mass is 32.2. The Hall–Kier alpha value is -1.47. The van der Waals surface area contributed by atoms with Gasteiger partial charge in [-0.05, 0) is 36.6 Å². The van der Waals surface area contributed by atoms with E-state index in [0.29, 0.717) is 17.9 Å². The number of hydrogen-bond donors (Lipinski definition) is 1. The molecule has 1 aromatic heterocycles. The number of rotatable bonds is 5. The normalized spacial score (nSPS) is 12.6. The second-order valence-corrected chi connectivity index (χ2v) is 4.96. The monoisotopic (exact) mass is 285 g/mol. The van der Waals surface area contributed by atoms with E-state index < -0.39 is 11.6 Å². The first-order valence-corrected chi connectivity index (χ1v) is 7.04. The van der Waals surface area contributed by atoms with Gasteiger partial charge in [0.25, 0.3) is 0 Å². The molecule has 1 atom stereocenters. The zero-order valence-corrected chi connectivity index (χ0v) is 11.1. The van der Waals surface area contributed by atoms with E-state index in [-0.39, 0.29) is 11.9 Å². The Morgan fingerprint density at radius 1 is 1.37 bits per heavy atom. The molecule has 102 valence electrons. The third-order valence-corrected chi connectivity index (χ3v) is 3.21. The molecule has 0 aliphatic carbocycles. The van der Waals surface area contributed by atoms with E-state index in [0.717, 1.165) is 17.9 Å². The van der Waals surface area contributed by atoms with Crippen LogP contribution < -0.4 is 5.73 Å². The van der Waals surface area contributed by atoms with Gasteiger partial charge in [-0.2, -0.15) is 16.7 Å². The summed E-state index contributed by atoms with van der Waals surface area (Å²) in [6.07, 6.45) is 2.69. The number of halogens is 2. The van der Waals surface area contributed by atoms with Crippen molar-refractivity contribution in [3.8, 4) is 11.4 Å². The fourth-order valence-corrected chi connectivity index (χ4v) is 2.00. The van der Waals surface area contributed by atoms with Gasteiger partial charge in [-0.25, -0.2) is 8.78 Å². The Labute approximate surface area is 113 Å². The topological polar surface area (TPSA) is 64.9 Å². The van der Waals surface area contributed by atoms with Gasteiger partial charge in [0.2, 0.25) is 11.7 Å². The molecule has 0 aliphatic heterocycles. The van der Waals surface area contributed by atoms with Crippen LogP contribution in [0.15, 0.2) is 22.7 Å². The van der Waals surface area contributed by atoms with Gasteiger partial charge >= 0.3 is 0 Å². The molecule has 0 bridgehead atoms. The lowest BCUT2D eigenvalue weighted by Gasteiger charge is -2.03. The van der Waals surface area contributed by atoms with Crippen molar-refractivity contribution < 1.29 is 13.3 Å². The number of benzene rings is 1. The van der Waals surface area contributed by atoms with Gasteiger partial charge in [0.15, 0.2) is 11.6 Å². The van der Waals surface area contributed by atoms with Gasteiger partial charge in [0, 0.05) is 5.56 Å².